The number of rotatable bonds is 6. The Labute approximate surface area is 106 Å². The van der Waals surface area contributed by atoms with Crippen LogP contribution in [0.25, 0.3) is 0 Å². The summed E-state index contributed by atoms with van der Waals surface area (Å²) in [6, 6.07) is 5.78. The van der Waals surface area contributed by atoms with Crippen molar-refractivity contribution in [1.82, 2.24) is 0 Å². The summed E-state index contributed by atoms with van der Waals surface area (Å²) in [5.41, 5.74) is 0.711. The average molecular weight is 291 g/mol. The number of hydrogen-bond donors (Lipinski definition) is 1. The van der Waals surface area contributed by atoms with E-state index in [-0.39, 0.29) is 5.69 Å². The summed E-state index contributed by atoms with van der Waals surface area (Å²) in [6.45, 7) is 0. The summed E-state index contributed by atoms with van der Waals surface area (Å²) < 4.78 is 47.1. The molecular weight excluding hydrogens is 278 g/mol. The topological polar surface area (TPSA) is 97.4 Å². The highest BCUT2D eigenvalue weighted by Gasteiger charge is 2.14. The van der Waals surface area contributed by atoms with Gasteiger partial charge in [0.05, 0.1) is 11.5 Å². The monoisotopic (exact) mass is 291 g/mol. The Morgan fingerprint density at radius 3 is 2.06 bits per heavy atom. The molecule has 0 saturated heterocycles. The SMILES string of the molecule is CS(=O)(=O)CCS(=O)(=O)Nc1ccc(C=O)cc1. The second-order valence-corrected chi connectivity index (χ2v) is 7.89. The van der Waals surface area contributed by atoms with Crippen LogP contribution in [-0.4, -0.2) is 40.9 Å². The largest absolute Gasteiger partial charge is 0.298 e. The molecule has 0 aliphatic carbocycles. The third-order valence-electron chi connectivity index (χ3n) is 2.04. The van der Waals surface area contributed by atoms with Crippen LogP contribution in [-0.2, 0) is 19.9 Å². The van der Waals surface area contributed by atoms with Crippen LogP contribution in [0.1, 0.15) is 10.4 Å². The van der Waals surface area contributed by atoms with Crippen LogP contribution in [0.5, 0.6) is 0 Å². The molecule has 1 N–H and O–H groups in total. The summed E-state index contributed by atoms with van der Waals surface area (Å²) in [4.78, 5) is 10.4. The molecule has 8 heteroatoms. The van der Waals surface area contributed by atoms with E-state index in [9.17, 15) is 21.6 Å². The number of carbonyl (C=O) groups is 1. The van der Waals surface area contributed by atoms with Crippen LogP contribution in [0.15, 0.2) is 24.3 Å². The van der Waals surface area contributed by atoms with Crippen molar-refractivity contribution < 1.29 is 21.6 Å². The first-order valence-electron chi connectivity index (χ1n) is 4.95. The zero-order valence-electron chi connectivity index (χ0n) is 9.66. The lowest BCUT2D eigenvalue weighted by atomic mass is 10.2. The molecule has 6 nitrogen and oxygen atoms in total. The summed E-state index contributed by atoms with van der Waals surface area (Å²) in [7, 11) is -7.03. The van der Waals surface area contributed by atoms with Crippen molar-refractivity contribution in [2.24, 2.45) is 0 Å². The van der Waals surface area contributed by atoms with Gasteiger partial charge in [0.2, 0.25) is 10.0 Å². The number of sulfone groups is 1. The molecule has 0 fully saturated rings. The number of carbonyl (C=O) groups excluding carboxylic acids is 1. The van der Waals surface area contributed by atoms with Crippen LogP contribution >= 0.6 is 0 Å². The van der Waals surface area contributed by atoms with Crippen LogP contribution in [0.2, 0.25) is 0 Å². The van der Waals surface area contributed by atoms with E-state index in [1.54, 1.807) is 0 Å². The lowest BCUT2D eigenvalue weighted by molar-refractivity contribution is 0.112. The second-order valence-electron chi connectivity index (χ2n) is 3.79. The van der Waals surface area contributed by atoms with E-state index in [4.69, 9.17) is 0 Å². The Morgan fingerprint density at radius 1 is 1.06 bits per heavy atom. The quantitative estimate of drug-likeness (QED) is 0.759. The Morgan fingerprint density at radius 2 is 1.61 bits per heavy atom. The Kier molecular flexibility index (Phi) is 4.47. The number of hydrogen-bond acceptors (Lipinski definition) is 5. The first-order valence-corrected chi connectivity index (χ1v) is 8.66. The Bertz CT molecular complexity index is 617. The van der Waals surface area contributed by atoms with Gasteiger partial charge in [-0.25, -0.2) is 16.8 Å². The van der Waals surface area contributed by atoms with Crippen molar-refractivity contribution in [3.05, 3.63) is 29.8 Å². The van der Waals surface area contributed by atoms with E-state index in [0.29, 0.717) is 11.8 Å². The smallest absolute Gasteiger partial charge is 0.233 e. The van der Waals surface area contributed by atoms with Crippen molar-refractivity contribution in [2.45, 2.75) is 0 Å². The summed E-state index contributed by atoms with van der Waals surface area (Å²) in [6.07, 6.45) is 1.61. The zero-order valence-corrected chi connectivity index (χ0v) is 11.3. The molecular formula is C10H13NO5S2. The maximum absolute atomic E-state index is 11.6. The molecule has 0 amide bonds. The van der Waals surface area contributed by atoms with E-state index < -0.39 is 31.4 Å². The maximum Gasteiger partial charge on any atom is 0.233 e. The van der Waals surface area contributed by atoms with E-state index in [2.05, 4.69) is 4.72 Å². The van der Waals surface area contributed by atoms with Crippen LogP contribution in [0.3, 0.4) is 0 Å². The average Bonchev–Trinajstić information content (AvgIpc) is 2.26. The number of aldehydes is 1. The molecule has 0 aliphatic rings. The molecule has 1 aromatic carbocycles. The fourth-order valence-corrected chi connectivity index (χ4v) is 3.81. The van der Waals surface area contributed by atoms with Gasteiger partial charge in [0.1, 0.15) is 16.1 Å². The third kappa shape index (κ3) is 5.28. The number of benzene rings is 1. The van der Waals surface area contributed by atoms with Gasteiger partial charge < -0.3 is 0 Å². The minimum Gasteiger partial charge on any atom is -0.298 e. The van der Waals surface area contributed by atoms with Gasteiger partial charge in [-0.05, 0) is 24.3 Å². The molecule has 0 unspecified atom stereocenters. The molecule has 18 heavy (non-hydrogen) atoms. The van der Waals surface area contributed by atoms with E-state index in [0.717, 1.165) is 6.26 Å². The van der Waals surface area contributed by atoms with Crippen molar-refractivity contribution in [2.75, 3.05) is 22.5 Å². The standard InChI is InChI=1S/C10H13NO5S2/c1-17(13,14)6-7-18(15,16)11-10-4-2-9(8-12)3-5-10/h2-5,8,11H,6-7H2,1H3. The first kappa shape index (κ1) is 14.7. The van der Waals surface area contributed by atoms with Crippen LogP contribution < -0.4 is 4.72 Å². The van der Waals surface area contributed by atoms with E-state index in [1.807, 2.05) is 0 Å². The maximum atomic E-state index is 11.6. The summed E-state index contributed by atoms with van der Waals surface area (Å²) >= 11 is 0. The van der Waals surface area contributed by atoms with Gasteiger partial charge in [0, 0.05) is 17.5 Å². The summed E-state index contributed by atoms with van der Waals surface area (Å²) in [5.74, 6) is -0.935. The molecule has 100 valence electrons. The van der Waals surface area contributed by atoms with Crippen molar-refractivity contribution in [1.29, 1.82) is 0 Å². The highest BCUT2D eigenvalue weighted by Crippen LogP contribution is 2.10. The summed E-state index contributed by atoms with van der Waals surface area (Å²) in [5, 5.41) is 0. The fraction of sp³-hybridized carbons (Fsp3) is 0.300. The van der Waals surface area contributed by atoms with Gasteiger partial charge >= 0.3 is 0 Å². The van der Waals surface area contributed by atoms with E-state index in [1.165, 1.54) is 24.3 Å². The molecule has 0 heterocycles. The number of nitrogens with one attached hydrogen (secondary N) is 1. The van der Waals surface area contributed by atoms with Crippen molar-refractivity contribution >= 4 is 31.8 Å². The van der Waals surface area contributed by atoms with Crippen molar-refractivity contribution in [3.8, 4) is 0 Å². The van der Waals surface area contributed by atoms with Gasteiger partial charge in [0.25, 0.3) is 0 Å². The normalized spacial score (nSPS) is 12.1. The lowest BCUT2D eigenvalue weighted by Crippen LogP contribution is -2.22. The van der Waals surface area contributed by atoms with Gasteiger partial charge in [-0.2, -0.15) is 0 Å². The molecule has 0 aliphatic heterocycles. The molecule has 1 aromatic rings. The van der Waals surface area contributed by atoms with E-state index >= 15 is 0 Å². The highest BCUT2D eigenvalue weighted by atomic mass is 32.2. The second kappa shape index (κ2) is 5.49. The van der Waals surface area contributed by atoms with Crippen molar-refractivity contribution in [3.63, 3.8) is 0 Å². The first-order chi connectivity index (χ1) is 8.22. The molecule has 0 spiro atoms. The molecule has 0 bridgehead atoms. The van der Waals surface area contributed by atoms with Gasteiger partial charge in [-0.1, -0.05) is 0 Å². The fourth-order valence-electron chi connectivity index (χ4n) is 1.12. The Balaban J connectivity index is 2.73. The van der Waals surface area contributed by atoms with Crippen LogP contribution in [0, 0.1) is 0 Å². The number of sulfonamides is 1. The highest BCUT2D eigenvalue weighted by molar-refractivity contribution is 7.95. The predicted molar refractivity (Wildman–Crippen MR) is 68.9 cm³/mol. The van der Waals surface area contributed by atoms with Crippen LogP contribution in [0.4, 0.5) is 5.69 Å². The minimum atomic E-state index is -3.70. The van der Waals surface area contributed by atoms with Gasteiger partial charge in [-0.3, -0.25) is 9.52 Å². The number of anilines is 1. The minimum absolute atomic E-state index is 0.286. The predicted octanol–water partition coefficient (Wildman–Crippen LogP) is 0.285. The molecule has 0 saturated carbocycles. The molecule has 1 rings (SSSR count). The zero-order chi connectivity index (χ0) is 13.8. The van der Waals surface area contributed by atoms with Gasteiger partial charge in [-0.15, -0.1) is 0 Å². The molecule has 0 radical (unpaired) electrons. The third-order valence-corrected chi connectivity index (χ3v) is 4.54. The molecule has 0 aromatic heterocycles. The molecule has 0 atom stereocenters. The lowest BCUT2D eigenvalue weighted by Gasteiger charge is -2.07. The Hall–Kier alpha value is -1.41. The van der Waals surface area contributed by atoms with Gasteiger partial charge in [0.15, 0.2) is 0 Å².